The molecule has 3 heterocycles. The molecule has 0 aromatic heterocycles. The molecule has 1 N–H and O–H groups in total. The topological polar surface area (TPSA) is 97.8 Å². The Balaban J connectivity index is 1.53. The van der Waals surface area contributed by atoms with Crippen molar-refractivity contribution in [3.63, 3.8) is 0 Å². The summed E-state index contributed by atoms with van der Waals surface area (Å²) in [5, 5.41) is 11.3. The summed E-state index contributed by atoms with van der Waals surface area (Å²) in [6.07, 6.45) is 0. The second kappa shape index (κ2) is 9.97. The average Bonchev–Trinajstić information content (AvgIpc) is 3.16. The standard InChI is InChI=1S/C26H28N2O7/c1-32-19-5-2-17(3-6-19)23-22(24(29)18-4-7-20-21(16-18)35-15-14-34-20)25(30)26(31)28(23)9-8-27-10-12-33-13-11-27/h2-7,16,23,29H,8-15H2,1H3/b24-22+/t23-/m0/s1. The Morgan fingerprint density at radius 2 is 1.69 bits per heavy atom. The monoisotopic (exact) mass is 480 g/mol. The molecule has 0 unspecified atom stereocenters. The van der Waals surface area contributed by atoms with Crippen LogP contribution in [0, 0.1) is 0 Å². The van der Waals surface area contributed by atoms with E-state index >= 15 is 0 Å². The maximum absolute atomic E-state index is 13.3. The van der Waals surface area contributed by atoms with Crippen LogP contribution in [0.5, 0.6) is 17.2 Å². The molecule has 2 aromatic carbocycles. The largest absolute Gasteiger partial charge is 0.507 e. The number of carbonyl (C=O) groups is 2. The number of ketones is 1. The van der Waals surface area contributed by atoms with Crippen molar-refractivity contribution in [1.29, 1.82) is 0 Å². The minimum atomic E-state index is -0.727. The number of ether oxygens (including phenoxy) is 4. The van der Waals surface area contributed by atoms with Gasteiger partial charge in [0.1, 0.15) is 24.7 Å². The third-order valence-corrected chi connectivity index (χ3v) is 6.55. The number of methoxy groups -OCH3 is 1. The highest BCUT2D eigenvalue weighted by Crippen LogP contribution is 2.41. The first-order chi connectivity index (χ1) is 17.1. The van der Waals surface area contributed by atoms with Crippen molar-refractivity contribution >= 4 is 17.4 Å². The van der Waals surface area contributed by atoms with Gasteiger partial charge in [-0.3, -0.25) is 14.5 Å². The zero-order chi connectivity index (χ0) is 24.4. The normalized spacial score (nSPS) is 21.9. The maximum Gasteiger partial charge on any atom is 0.295 e. The zero-order valence-electron chi connectivity index (χ0n) is 19.6. The van der Waals surface area contributed by atoms with Crippen LogP contribution in [-0.2, 0) is 14.3 Å². The van der Waals surface area contributed by atoms with E-state index in [0.717, 1.165) is 13.1 Å². The van der Waals surface area contributed by atoms with Gasteiger partial charge in [-0.1, -0.05) is 12.1 Å². The van der Waals surface area contributed by atoms with Gasteiger partial charge < -0.3 is 29.0 Å². The van der Waals surface area contributed by atoms with E-state index < -0.39 is 17.7 Å². The summed E-state index contributed by atoms with van der Waals surface area (Å²) in [6, 6.07) is 11.5. The molecule has 2 fully saturated rings. The first-order valence-corrected chi connectivity index (χ1v) is 11.7. The smallest absolute Gasteiger partial charge is 0.295 e. The molecule has 0 bridgehead atoms. The number of hydrogen-bond donors (Lipinski definition) is 1. The summed E-state index contributed by atoms with van der Waals surface area (Å²) in [4.78, 5) is 30.2. The van der Waals surface area contributed by atoms with Crippen molar-refractivity contribution in [3.8, 4) is 17.2 Å². The number of Topliss-reactive ketones (excluding diaryl/α,β-unsaturated/α-hetero) is 1. The molecule has 5 rings (SSSR count). The molecule has 9 heteroatoms. The number of likely N-dealkylation sites (tertiary alicyclic amines) is 1. The Labute approximate surface area is 203 Å². The molecule has 184 valence electrons. The van der Waals surface area contributed by atoms with E-state index in [1.165, 1.54) is 0 Å². The van der Waals surface area contributed by atoms with Crippen molar-refractivity contribution < 1.29 is 33.6 Å². The van der Waals surface area contributed by atoms with E-state index in [0.29, 0.717) is 67.9 Å². The minimum absolute atomic E-state index is 0.0545. The summed E-state index contributed by atoms with van der Waals surface area (Å²) in [5.41, 5.74) is 1.16. The van der Waals surface area contributed by atoms with Gasteiger partial charge in [0.25, 0.3) is 11.7 Å². The quantitative estimate of drug-likeness (QED) is 0.382. The molecule has 0 spiro atoms. The summed E-state index contributed by atoms with van der Waals surface area (Å²) < 4.78 is 21.9. The van der Waals surface area contributed by atoms with Gasteiger partial charge in [0, 0.05) is 31.7 Å². The van der Waals surface area contributed by atoms with Crippen LogP contribution in [0.25, 0.3) is 5.76 Å². The molecule has 9 nitrogen and oxygen atoms in total. The fourth-order valence-corrected chi connectivity index (χ4v) is 4.66. The minimum Gasteiger partial charge on any atom is -0.507 e. The lowest BCUT2D eigenvalue weighted by molar-refractivity contribution is -0.140. The highest BCUT2D eigenvalue weighted by molar-refractivity contribution is 6.46. The number of fused-ring (bicyclic) bond motifs is 1. The average molecular weight is 481 g/mol. The number of carbonyl (C=O) groups excluding carboxylic acids is 2. The van der Waals surface area contributed by atoms with Crippen LogP contribution in [0.15, 0.2) is 48.0 Å². The predicted molar refractivity (Wildman–Crippen MR) is 127 cm³/mol. The second-order valence-corrected chi connectivity index (χ2v) is 8.58. The molecule has 0 saturated carbocycles. The lowest BCUT2D eigenvalue weighted by atomic mass is 9.95. The van der Waals surface area contributed by atoms with Gasteiger partial charge in [-0.15, -0.1) is 0 Å². The van der Waals surface area contributed by atoms with Gasteiger partial charge in [0.05, 0.1) is 31.9 Å². The van der Waals surface area contributed by atoms with Crippen LogP contribution in [0.4, 0.5) is 0 Å². The third-order valence-electron chi connectivity index (χ3n) is 6.55. The van der Waals surface area contributed by atoms with E-state index in [2.05, 4.69) is 4.90 Å². The fourth-order valence-electron chi connectivity index (χ4n) is 4.66. The number of amides is 1. The van der Waals surface area contributed by atoms with Gasteiger partial charge in [-0.25, -0.2) is 0 Å². The first kappa shape index (κ1) is 23.2. The van der Waals surface area contributed by atoms with E-state index in [4.69, 9.17) is 18.9 Å². The van der Waals surface area contributed by atoms with Crippen LogP contribution in [0.1, 0.15) is 17.2 Å². The number of aliphatic hydroxyl groups excluding tert-OH is 1. The summed E-state index contributed by atoms with van der Waals surface area (Å²) in [6.45, 7) is 4.63. The number of morpholine rings is 1. The van der Waals surface area contributed by atoms with Gasteiger partial charge in [-0.2, -0.15) is 0 Å². The molecule has 1 amide bonds. The van der Waals surface area contributed by atoms with Crippen LogP contribution in [0.2, 0.25) is 0 Å². The van der Waals surface area contributed by atoms with Crippen LogP contribution >= 0.6 is 0 Å². The summed E-state index contributed by atoms with van der Waals surface area (Å²) in [7, 11) is 1.57. The van der Waals surface area contributed by atoms with Crippen molar-refractivity contribution in [2.24, 2.45) is 0 Å². The highest BCUT2D eigenvalue weighted by Gasteiger charge is 2.46. The molecule has 2 saturated heterocycles. The molecule has 3 aliphatic rings. The number of benzene rings is 2. The molecule has 0 aliphatic carbocycles. The van der Waals surface area contributed by atoms with Crippen LogP contribution in [-0.4, -0.2) is 86.3 Å². The SMILES string of the molecule is COc1ccc([C@H]2/C(=C(\O)c3ccc4c(c3)OCCO4)C(=O)C(=O)N2CCN2CCOCC2)cc1. The van der Waals surface area contributed by atoms with E-state index in [1.807, 2.05) is 12.1 Å². The Bertz CT molecular complexity index is 1140. The van der Waals surface area contributed by atoms with E-state index in [-0.39, 0.29) is 11.3 Å². The van der Waals surface area contributed by atoms with Crippen molar-refractivity contribution in [1.82, 2.24) is 9.80 Å². The van der Waals surface area contributed by atoms with Gasteiger partial charge in [0.2, 0.25) is 0 Å². The van der Waals surface area contributed by atoms with Crippen molar-refractivity contribution in [2.75, 3.05) is 59.7 Å². The second-order valence-electron chi connectivity index (χ2n) is 8.58. The molecular formula is C26H28N2O7. The molecule has 1 atom stereocenters. The summed E-state index contributed by atoms with van der Waals surface area (Å²) in [5.74, 6) is 0.146. The third kappa shape index (κ3) is 4.56. The Hall–Kier alpha value is -3.56. The fraction of sp³-hybridized carbons (Fsp3) is 0.385. The molecule has 2 aromatic rings. The predicted octanol–water partition coefficient (Wildman–Crippen LogP) is 2.22. The number of rotatable bonds is 6. The molecule has 3 aliphatic heterocycles. The number of nitrogens with zero attached hydrogens (tertiary/aromatic N) is 2. The highest BCUT2D eigenvalue weighted by atomic mass is 16.6. The maximum atomic E-state index is 13.3. The number of hydrogen-bond acceptors (Lipinski definition) is 8. The van der Waals surface area contributed by atoms with Gasteiger partial charge >= 0.3 is 0 Å². The molecule has 0 radical (unpaired) electrons. The number of aliphatic hydroxyl groups is 1. The Morgan fingerprint density at radius 3 is 2.40 bits per heavy atom. The zero-order valence-corrected chi connectivity index (χ0v) is 19.6. The van der Waals surface area contributed by atoms with Gasteiger partial charge in [0.15, 0.2) is 11.5 Å². The lowest BCUT2D eigenvalue weighted by Crippen LogP contribution is -2.42. The lowest BCUT2D eigenvalue weighted by Gasteiger charge is -2.31. The first-order valence-electron chi connectivity index (χ1n) is 11.7. The Morgan fingerprint density at radius 1 is 0.971 bits per heavy atom. The van der Waals surface area contributed by atoms with Crippen LogP contribution < -0.4 is 14.2 Å². The van der Waals surface area contributed by atoms with E-state index in [1.54, 1.807) is 42.3 Å². The van der Waals surface area contributed by atoms with Crippen molar-refractivity contribution in [2.45, 2.75) is 6.04 Å². The summed E-state index contributed by atoms with van der Waals surface area (Å²) >= 11 is 0. The van der Waals surface area contributed by atoms with Crippen LogP contribution in [0.3, 0.4) is 0 Å². The van der Waals surface area contributed by atoms with Crippen molar-refractivity contribution in [3.05, 3.63) is 59.2 Å². The molecular weight excluding hydrogens is 452 g/mol. The van der Waals surface area contributed by atoms with Gasteiger partial charge in [-0.05, 0) is 35.9 Å². The van der Waals surface area contributed by atoms with E-state index in [9.17, 15) is 14.7 Å². The molecule has 35 heavy (non-hydrogen) atoms. The Kier molecular flexibility index (Phi) is 6.61.